The molecule has 15 heteroatoms. The third-order valence-electron chi connectivity index (χ3n) is 4.90. The number of ether oxygens (including phenoxy) is 1. The highest BCUT2D eigenvalue weighted by atomic mass is 35.5. The van der Waals surface area contributed by atoms with E-state index in [1.165, 1.54) is 12.3 Å². The van der Waals surface area contributed by atoms with E-state index in [4.69, 9.17) is 22.6 Å². The second-order valence-electron chi connectivity index (χ2n) is 7.15. The Labute approximate surface area is 205 Å². The van der Waals surface area contributed by atoms with Gasteiger partial charge >= 0.3 is 17.6 Å². The van der Waals surface area contributed by atoms with Gasteiger partial charge in [-0.2, -0.15) is 0 Å². The van der Waals surface area contributed by atoms with Crippen LogP contribution in [0.5, 0.6) is 0 Å². The zero-order chi connectivity index (χ0) is 26.6. The average Bonchev–Trinajstić information content (AvgIpc) is 3.25. The van der Waals surface area contributed by atoms with Crippen LogP contribution in [0.3, 0.4) is 0 Å². The first kappa shape index (κ1) is 26.1. The lowest BCUT2D eigenvalue weighted by atomic mass is 10.1. The predicted molar refractivity (Wildman–Crippen MR) is 126 cm³/mol. The summed E-state index contributed by atoms with van der Waals surface area (Å²) < 4.78 is 19.0. The van der Waals surface area contributed by atoms with Crippen LogP contribution in [0.4, 0.5) is 15.8 Å². The molecular weight excluding hydrogens is 503 g/mol. The Bertz CT molecular complexity index is 1590. The minimum absolute atomic E-state index is 0.0373. The minimum Gasteiger partial charge on any atom is -0.477 e. The molecule has 2 aromatic carbocycles. The molecule has 0 atom stereocenters. The number of methoxy groups -OCH3 is 1. The van der Waals surface area contributed by atoms with Crippen molar-refractivity contribution >= 4 is 40.7 Å². The zero-order valence-electron chi connectivity index (χ0n) is 18.4. The number of H-pyrrole nitrogens is 1. The van der Waals surface area contributed by atoms with Crippen molar-refractivity contribution in [1.82, 2.24) is 19.2 Å². The molecule has 2 heterocycles. The number of hydrogen-bond donors (Lipinski definition) is 5. The Balaban J connectivity index is 0.000000202. The first-order chi connectivity index (χ1) is 17.1. The standard InChI is InChI=1S/C12H11ClFN3O2.C9H7N3O5/c13-17-4-6-1-2-8(14)7(3-6)5-16-10-9(15)11(18)12(10)19;1-17-8(15)5-2-4(7(13)14)11-6-3-10-9(16)12(5)6/h1-3,16-17H,4-5,15H2;2-3H,1H3,(H,10,16)(H,13,14). The number of nitrogens with two attached hydrogens (primary N) is 1. The molecular formula is C21H18ClFN6O7. The Hall–Kier alpha value is -4.56. The maximum atomic E-state index is 13.6. The summed E-state index contributed by atoms with van der Waals surface area (Å²) in [6.45, 7) is 0.452. The van der Waals surface area contributed by atoms with E-state index in [0.717, 1.165) is 23.1 Å². The molecule has 0 unspecified atom stereocenters. The second kappa shape index (κ2) is 10.8. The monoisotopic (exact) mass is 520 g/mol. The molecule has 4 aromatic rings. The summed E-state index contributed by atoms with van der Waals surface area (Å²) in [4.78, 5) is 64.2. The summed E-state index contributed by atoms with van der Waals surface area (Å²) in [5.41, 5.74) is 3.99. The molecule has 0 saturated heterocycles. The second-order valence-corrected chi connectivity index (χ2v) is 7.41. The lowest BCUT2D eigenvalue weighted by molar-refractivity contribution is 0.0591. The first-order valence-electron chi connectivity index (χ1n) is 9.95. The van der Waals surface area contributed by atoms with Crippen LogP contribution in [0, 0.1) is 5.82 Å². The molecule has 0 bridgehead atoms. The highest BCUT2D eigenvalue weighted by molar-refractivity contribution is 6.13. The van der Waals surface area contributed by atoms with Crippen molar-refractivity contribution in [2.24, 2.45) is 0 Å². The van der Waals surface area contributed by atoms with Gasteiger partial charge in [0.05, 0.1) is 7.11 Å². The van der Waals surface area contributed by atoms with E-state index in [0.29, 0.717) is 12.1 Å². The minimum atomic E-state index is -1.30. The molecule has 13 nitrogen and oxygen atoms in total. The van der Waals surface area contributed by atoms with Crippen LogP contribution in [0.15, 0.2) is 44.8 Å². The summed E-state index contributed by atoms with van der Waals surface area (Å²) in [5.74, 6) is -2.53. The number of aromatic carboxylic acids is 1. The zero-order valence-corrected chi connectivity index (χ0v) is 19.2. The molecule has 36 heavy (non-hydrogen) atoms. The molecule has 6 N–H and O–H groups in total. The number of nitrogen functional groups attached to an aromatic ring is 1. The van der Waals surface area contributed by atoms with Crippen molar-refractivity contribution in [2.45, 2.75) is 13.1 Å². The van der Waals surface area contributed by atoms with Crippen molar-refractivity contribution in [3.63, 3.8) is 0 Å². The van der Waals surface area contributed by atoms with Crippen LogP contribution in [-0.2, 0) is 17.8 Å². The maximum Gasteiger partial charge on any atom is 0.355 e. The van der Waals surface area contributed by atoms with Crippen molar-refractivity contribution in [2.75, 3.05) is 18.2 Å². The van der Waals surface area contributed by atoms with Crippen LogP contribution in [0.25, 0.3) is 5.65 Å². The molecule has 0 spiro atoms. The lowest BCUT2D eigenvalue weighted by Crippen LogP contribution is -2.37. The Morgan fingerprint density at radius 1 is 1.22 bits per heavy atom. The van der Waals surface area contributed by atoms with Crippen LogP contribution in [-0.4, -0.2) is 38.5 Å². The van der Waals surface area contributed by atoms with Gasteiger partial charge < -0.3 is 25.9 Å². The summed E-state index contributed by atoms with van der Waals surface area (Å²) in [5, 5.41) is 11.5. The topological polar surface area (TPSA) is 198 Å². The number of fused-ring (bicyclic) bond motifs is 1. The fourth-order valence-electron chi connectivity index (χ4n) is 3.11. The fourth-order valence-corrected chi connectivity index (χ4v) is 3.26. The van der Waals surface area contributed by atoms with Gasteiger partial charge in [0, 0.05) is 30.9 Å². The number of carbonyl (C=O) groups is 2. The predicted octanol–water partition coefficient (Wildman–Crippen LogP) is 0.367. The smallest absolute Gasteiger partial charge is 0.355 e. The van der Waals surface area contributed by atoms with Crippen molar-refractivity contribution in [1.29, 1.82) is 0 Å². The van der Waals surface area contributed by atoms with Gasteiger partial charge in [0.15, 0.2) is 11.3 Å². The molecule has 0 fully saturated rings. The molecule has 0 aliphatic rings. The van der Waals surface area contributed by atoms with E-state index in [9.17, 15) is 28.4 Å². The van der Waals surface area contributed by atoms with Gasteiger partial charge in [0.25, 0.3) is 10.9 Å². The van der Waals surface area contributed by atoms with Gasteiger partial charge in [-0.15, -0.1) is 0 Å². The number of hydrogen-bond acceptors (Lipinski definition) is 10. The van der Waals surface area contributed by atoms with Gasteiger partial charge in [-0.1, -0.05) is 6.07 Å². The van der Waals surface area contributed by atoms with Crippen molar-refractivity contribution in [3.8, 4) is 0 Å². The SMILES string of the molecule is COC(=O)c1cc(C(=O)O)nc2c[nH]c(=O)n12.Nc1c(NCc2cc(CNCl)ccc2F)c(=O)c1=O. The van der Waals surface area contributed by atoms with E-state index < -0.39 is 34.3 Å². The van der Waals surface area contributed by atoms with E-state index in [1.807, 2.05) is 0 Å². The number of esters is 1. The third-order valence-corrected chi connectivity index (χ3v) is 5.04. The number of anilines is 2. The molecule has 188 valence electrons. The van der Waals surface area contributed by atoms with Crippen molar-refractivity contribution < 1.29 is 23.8 Å². The number of aromatic nitrogens is 3. The highest BCUT2D eigenvalue weighted by Gasteiger charge is 2.19. The number of nitrogens with zero attached hydrogens (tertiary/aromatic N) is 2. The number of carboxylic acid groups (broad SMARTS) is 1. The van der Waals surface area contributed by atoms with Gasteiger partial charge in [0.1, 0.15) is 22.9 Å². The normalized spacial score (nSPS) is 10.6. The number of carbonyl (C=O) groups excluding carboxylic acids is 1. The lowest BCUT2D eigenvalue weighted by Gasteiger charge is -2.11. The molecule has 0 aliphatic carbocycles. The molecule has 2 aromatic heterocycles. The van der Waals surface area contributed by atoms with Gasteiger partial charge in [-0.3, -0.25) is 9.59 Å². The van der Waals surface area contributed by atoms with Gasteiger partial charge in [-0.25, -0.2) is 33.0 Å². The number of nitrogens with one attached hydrogen (secondary N) is 3. The summed E-state index contributed by atoms with van der Waals surface area (Å²) in [6.07, 6.45) is 1.21. The van der Waals surface area contributed by atoms with E-state index >= 15 is 0 Å². The molecule has 0 saturated carbocycles. The molecule has 4 rings (SSSR count). The van der Waals surface area contributed by atoms with Crippen LogP contribution in [0.1, 0.15) is 32.1 Å². The quantitative estimate of drug-likeness (QED) is 0.128. The third kappa shape index (κ3) is 5.24. The van der Waals surface area contributed by atoms with Crippen LogP contribution < -0.4 is 32.4 Å². The summed E-state index contributed by atoms with van der Waals surface area (Å²) in [6, 6.07) is 5.50. The summed E-state index contributed by atoms with van der Waals surface area (Å²) in [7, 11) is 1.13. The largest absolute Gasteiger partial charge is 0.477 e. The average molecular weight is 521 g/mol. The Morgan fingerprint density at radius 3 is 2.56 bits per heavy atom. The number of aromatic amines is 1. The maximum absolute atomic E-state index is 13.6. The fraction of sp³-hybridized carbons (Fsp3) is 0.143. The van der Waals surface area contributed by atoms with Gasteiger partial charge in [-0.05, 0) is 29.5 Å². The van der Waals surface area contributed by atoms with Crippen LogP contribution >= 0.6 is 11.8 Å². The molecule has 0 radical (unpaired) electrons. The Kier molecular flexibility index (Phi) is 7.81. The highest BCUT2D eigenvalue weighted by Crippen LogP contribution is 2.15. The number of carboxylic acids is 1. The Morgan fingerprint density at radius 2 is 1.94 bits per heavy atom. The van der Waals surface area contributed by atoms with Crippen molar-refractivity contribution in [3.05, 3.63) is 89.7 Å². The number of benzene rings is 1. The number of imidazole rings is 1. The van der Waals surface area contributed by atoms with Crippen LogP contribution in [0.2, 0.25) is 0 Å². The van der Waals surface area contributed by atoms with E-state index in [-0.39, 0.29) is 35.0 Å². The first-order valence-corrected chi connectivity index (χ1v) is 10.3. The number of rotatable bonds is 7. The van der Waals surface area contributed by atoms with E-state index in [1.54, 1.807) is 12.1 Å². The van der Waals surface area contributed by atoms with E-state index in [2.05, 4.69) is 24.9 Å². The molecule has 0 aliphatic heterocycles. The number of halogens is 2. The molecule has 0 amide bonds. The van der Waals surface area contributed by atoms with Gasteiger partial charge in [0.2, 0.25) is 0 Å². The summed E-state index contributed by atoms with van der Waals surface area (Å²) >= 11 is 5.38.